The third kappa shape index (κ3) is 5.02. The van der Waals surface area contributed by atoms with Gasteiger partial charge in [-0.2, -0.15) is 0 Å². The predicted octanol–water partition coefficient (Wildman–Crippen LogP) is 2.17. The van der Waals surface area contributed by atoms with E-state index in [0.717, 1.165) is 5.56 Å². The lowest BCUT2D eigenvalue weighted by Crippen LogP contribution is -2.51. The lowest BCUT2D eigenvalue weighted by atomic mass is 9.99. The highest BCUT2D eigenvalue weighted by Gasteiger charge is 2.33. The van der Waals surface area contributed by atoms with Crippen LogP contribution in [0.2, 0.25) is 0 Å². The van der Waals surface area contributed by atoms with Gasteiger partial charge < -0.3 is 19.5 Å². The molecular formula is C17H23NO5. The van der Waals surface area contributed by atoms with E-state index in [4.69, 9.17) is 14.2 Å². The highest BCUT2D eigenvalue weighted by molar-refractivity contribution is 5.96. The van der Waals surface area contributed by atoms with Gasteiger partial charge in [-0.25, -0.2) is 4.79 Å². The summed E-state index contributed by atoms with van der Waals surface area (Å²) >= 11 is 0. The fourth-order valence-corrected chi connectivity index (χ4v) is 1.92. The van der Waals surface area contributed by atoms with Gasteiger partial charge in [-0.05, 0) is 37.1 Å². The number of hydrogen-bond donors (Lipinski definition) is 1. The van der Waals surface area contributed by atoms with Crippen LogP contribution >= 0.6 is 0 Å². The Morgan fingerprint density at radius 2 is 1.70 bits per heavy atom. The number of carbonyl (C=O) groups excluding carboxylic acids is 2. The summed E-state index contributed by atoms with van der Waals surface area (Å²) in [6, 6.07) is 5.28. The quantitative estimate of drug-likeness (QED) is 0.615. The molecule has 0 heterocycles. The van der Waals surface area contributed by atoms with Gasteiger partial charge in [0.15, 0.2) is 0 Å². The molecule has 0 aliphatic heterocycles. The summed E-state index contributed by atoms with van der Waals surface area (Å²) in [7, 11) is 4.40. The highest BCUT2D eigenvalue weighted by Crippen LogP contribution is 2.23. The molecule has 23 heavy (non-hydrogen) atoms. The molecule has 0 unspecified atom stereocenters. The Balaban J connectivity index is 2.88. The molecular weight excluding hydrogens is 298 g/mol. The Labute approximate surface area is 136 Å². The highest BCUT2D eigenvalue weighted by atomic mass is 16.5. The second kappa shape index (κ2) is 8.22. The number of amides is 1. The number of ether oxygens (including phenoxy) is 3. The van der Waals surface area contributed by atoms with Gasteiger partial charge in [0.2, 0.25) is 5.91 Å². The average molecular weight is 321 g/mol. The van der Waals surface area contributed by atoms with Crippen molar-refractivity contribution in [3.05, 3.63) is 29.8 Å². The minimum atomic E-state index is -1.05. The molecule has 0 saturated heterocycles. The van der Waals surface area contributed by atoms with Gasteiger partial charge >= 0.3 is 5.97 Å². The van der Waals surface area contributed by atoms with Crippen LogP contribution in [0.15, 0.2) is 24.3 Å². The Hall–Kier alpha value is -2.50. The molecule has 0 aliphatic rings. The maximum Gasteiger partial charge on any atom is 0.331 e. The van der Waals surface area contributed by atoms with Crippen molar-refractivity contribution >= 4 is 18.0 Å². The summed E-state index contributed by atoms with van der Waals surface area (Å²) in [6.07, 6.45) is 3.39. The number of rotatable bonds is 7. The van der Waals surface area contributed by atoms with E-state index in [9.17, 15) is 9.59 Å². The molecule has 1 N–H and O–H groups in total. The van der Waals surface area contributed by atoms with E-state index < -0.39 is 11.5 Å². The van der Waals surface area contributed by atoms with Crippen LogP contribution in [0.1, 0.15) is 25.8 Å². The number of nitrogens with one attached hydrogen (secondary N) is 1. The topological polar surface area (TPSA) is 73.9 Å². The van der Waals surface area contributed by atoms with Crippen molar-refractivity contribution in [2.45, 2.75) is 25.8 Å². The van der Waals surface area contributed by atoms with Gasteiger partial charge in [0.1, 0.15) is 17.0 Å². The van der Waals surface area contributed by atoms with Crippen molar-refractivity contribution in [2.75, 3.05) is 21.3 Å². The first kappa shape index (κ1) is 18.5. The molecule has 0 spiro atoms. The van der Waals surface area contributed by atoms with Crippen molar-refractivity contribution in [1.29, 1.82) is 0 Å². The molecule has 1 amide bonds. The number of carbonyl (C=O) groups is 2. The number of esters is 1. The third-order valence-electron chi connectivity index (χ3n) is 3.54. The molecule has 0 radical (unpaired) electrons. The molecule has 0 saturated carbocycles. The van der Waals surface area contributed by atoms with Crippen LogP contribution in [0.4, 0.5) is 0 Å². The van der Waals surface area contributed by atoms with Crippen molar-refractivity contribution in [3.8, 4) is 11.5 Å². The minimum Gasteiger partial charge on any atom is -0.497 e. The van der Waals surface area contributed by atoms with Gasteiger partial charge in [-0.15, -0.1) is 0 Å². The normalized spacial score (nSPS) is 13.3. The van der Waals surface area contributed by atoms with Crippen LogP contribution in [-0.4, -0.2) is 38.7 Å². The summed E-state index contributed by atoms with van der Waals surface area (Å²) in [6.45, 7) is 3.42. The van der Waals surface area contributed by atoms with Gasteiger partial charge in [-0.1, -0.05) is 6.92 Å². The Morgan fingerprint density at radius 3 is 2.13 bits per heavy atom. The zero-order chi connectivity index (χ0) is 17.5. The van der Waals surface area contributed by atoms with Crippen LogP contribution in [0.25, 0.3) is 6.08 Å². The molecule has 1 rings (SSSR count). The number of hydrogen-bond acceptors (Lipinski definition) is 5. The molecule has 0 fully saturated rings. The summed E-state index contributed by atoms with van der Waals surface area (Å²) in [4.78, 5) is 23.8. The molecule has 6 nitrogen and oxygen atoms in total. The van der Waals surface area contributed by atoms with Crippen LogP contribution in [0.5, 0.6) is 11.5 Å². The van der Waals surface area contributed by atoms with Gasteiger partial charge in [0.05, 0.1) is 21.3 Å². The fourth-order valence-electron chi connectivity index (χ4n) is 1.92. The largest absolute Gasteiger partial charge is 0.497 e. The van der Waals surface area contributed by atoms with Gasteiger partial charge in [-0.3, -0.25) is 4.79 Å². The molecule has 126 valence electrons. The molecule has 1 aromatic rings. The predicted molar refractivity (Wildman–Crippen MR) is 87.4 cm³/mol. The zero-order valence-corrected chi connectivity index (χ0v) is 14.1. The van der Waals surface area contributed by atoms with E-state index in [1.54, 1.807) is 52.3 Å². The third-order valence-corrected chi connectivity index (χ3v) is 3.54. The first-order valence-electron chi connectivity index (χ1n) is 7.20. The SMILES string of the molecule is CC[C@](C)(NC(=O)/C=C\c1cc(OC)cc(OC)c1)C(=O)OC. The van der Waals surface area contributed by atoms with E-state index in [-0.39, 0.29) is 5.91 Å². The number of methoxy groups -OCH3 is 3. The zero-order valence-electron chi connectivity index (χ0n) is 14.1. The van der Waals surface area contributed by atoms with E-state index in [2.05, 4.69) is 5.32 Å². The van der Waals surface area contributed by atoms with Crippen LogP contribution in [0, 0.1) is 0 Å². The molecule has 6 heteroatoms. The average Bonchev–Trinajstić information content (AvgIpc) is 2.58. The lowest BCUT2D eigenvalue weighted by Gasteiger charge is -2.25. The smallest absolute Gasteiger partial charge is 0.331 e. The standard InChI is InChI=1S/C17H23NO5/c1-6-17(2,16(20)23-5)18-15(19)8-7-12-9-13(21-3)11-14(10-12)22-4/h7-11H,6H2,1-5H3,(H,18,19)/b8-7-/t17-/m0/s1. The van der Waals surface area contributed by atoms with Crippen molar-refractivity contribution < 1.29 is 23.8 Å². The molecule has 1 aromatic carbocycles. The van der Waals surface area contributed by atoms with Crippen molar-refractivity contribution in [1.82, 2.24) is 5.32 Å². The van der Waals surface area contributed by atoms with Gasteiger partial charge in [0.25, 0.3) is 0 Å². The Morgan fingerprint density at radius 1 is 1.13 bits per heavy atom. The molecule has 0 aliphatic carbocycles. The van der Waals surface area contributed by atoms with E-state index in [1.165, 1.54) is 13.2 Å². The summed E-state index contributed by atoms with van der Waals surface area (Å²) in [5, 5.41) is 2.66. The van der Waals surface area contributed by atoms with E-state index in [0.29, 0.717) is 17.9 Å². The maximum atomic E-state index is 12.1. The van der Waals surface area contributed by atoms with Crippen LogP contribution < -0.4 is 14.8 Å². The first-order valence-corrected chi connectivity index (χ1v) is 7.20. The Kier molecular flexibility index (Phi) is 6.63. The van der Waals surface area contributed by atoms with Gasteiger partial charge in [0, 0.05) is 12.1 Å². The second-order valence-electron chi connectivity index (χ2n) is 5.15. The van der Waals surface area contributed by atoms with E-state index >= 15 is 0 Å². The summed E-state index contributed by atoms with van der Waals surface area (Å²) < 4.78 is 15.1. The summed E-state index contributed by atoms with van der Waals surface area (Å²) in [5.74, 6) is 0.376. The molecule has 0 bridgehead atoms. The first-order chi connectivity index (χ1) is 10.9. The van der Waals surface area contributed by atoms with E-state index in [1.807, 2.05) is 0 Å². The summed E-state index contributed by atoms with van der Waals surface area (Å²) in [5.41, 5.74) is -0.310. The number of benzene rings is 1. The monoisotopic (exact) mass is 321 g/mol. The van der Waals surface area contributed by atoms with Crippen molar-refractivity contribution in [2.24, 2.45) is 0 Å². The second-order valence-corrected chi connectivity index (χ2v) is 5.15. The molecule has 1 atom stereocenters. The maximum absolute atomic E-state index is 12.1. The minimum absolute atomic E-state index is 0.387. The lowest BCUT2D eigenvalue weighted by molar-refractivity contribution is -0.149. The fraction of sp³-hybridized carbons (Fsp3) is 0.412. The van der Waals surface area contributed by atoms with Crippen LogP contribution in [-0.2, 0) is 14.3 Å². The van der Waals surface area contributed by atoms with Crippen molar-refractivity contribution in [3.63, 3.8) is 0 Å². The Bertz CT molecular complexity index is 574. The molecule has 0 aromatic heterocycles. The van der Waals surface area contributed by atoms with Crippen LogP contribution in [0.3, 0.4) is 0 Å².